The van der Waals surface area contributed by atoms with Crippen molar-refractivity contribution in [2.24, 2.45) is 0 Å². The van der Waals surface area contributed by atoms with Gasteiger partial charge in [-0.3, -0.25) is 4.79 Å². The first-order valence-corrected chi connectivity index (χ1v) is 5.42. The Bertz CT molecular complexity index is 356. The Hall–Kier alpha value is -1.33. The maximum absolute atomic E-state index is 11.7. The lowest BCUT2D eigenvalue weighted by Crippen LogP contribution is -2.45. The van der Waals surface area contributed by atoms with Gasteiger partial charge in [0.2, 0.25) is 0 Å². The van der Waals surface area contributed by atoms with Crippen molar-refractivity contribution in [3.8, 4) is 0 Å². The molecule has 1 unspecified atom stereocenters. The average molecular weight is 224 g/mol. The number of morpholine rings is 1. The Morgan fingerprint density at radius 2 is 2.56 bits per heavy atom. The van der Waals surface area contributed by atoms with Crippen molar-refractivity contribution in [2.75, 3.05) is 26.2 Å². The van der Waals surface area contributed by atoms with E-state index in [1.807, 2.05) is 0 Å². The minimum atomic E-state index is -0.111. The van der Waals surface area contributed by atoms with Crippen molar-refractivity contribution in [1.29, 1.82) is 0 Å². The van der Waals surface area contributed by atoms with Crippen molar-refractivity contribution in [2.45, 2.75) is 13.0 Å². The number of nitrogens with one attached hydrogen (secondary N) is 2. The van der Waals surface area contributed by atoms with Crippen LogP contribution in [0.5, 0.6) is 0 Å². The minimum Gasteiger partial charge on any atom is -0.469 e. The molecule has 5 heteroatoms. The molecule has 0 aliphatic carbocycles. The van der Waals surface area contributed by atoms with E-state index >= 15 is 0 Å². The summed E-state index contributed by atoms with van der Waals surface area (Å²) in [7, 11) is 0. The van der Waals surface area contributed by atoms with E-state index in [0.717, 1.165) is 13.1 Å². The maximum Gasteiger partial charge on any atom is 0.254 e. The topological polar surface area (TPSA) is 63.5 Å². The molecule has 1 saturated heterocycles. The molecular formula is C11H16N2O3. The highest BCUT2D eigenvalue weighted by Gasteiger charge is 2.16. The van der Waals surface area contributed by atoms with Crippen molar-refractivity contribution in [3.63, 3.8) is 0 Å². The molecule has 0 saturated carbocycles. The van der Waals surface area contributed by atoms with Gasteiger partial charge in [-0.25, -0.2) is 0 Å². The monoisotopic (exact) mass is 224 g/mol. The number of carbonyl (C=O) groups excluding carboxylic acids is 1. The van der Waals surface area contributed by atoms with Gasteiger partial charge >= 0.3 is 0 Å². The van der Waals surface area contributed by atoms with Crippen LogP contribution in [0.3, 0.4) is 0 Å². The number of ether oxygens (including phenoxy) is 1. The average Bonchev–Trinajstić information content (AvgIpc) is 2.74. The number of amides is 1. The second-order valence-corrected chi connectivity index (χ2v) is 3.80. The maximum atomic E-state index is 11.7. The van der Waals surface area contributed by atoms with E-state index in [-0.39, 0.29) is 12.0 Å². The molecule has 2 heterocycles. The van der Waals surface area contributed by atoms with Crippen LogP contribution >= 0.6 is 0 Å². The van der Waals surface area contributed by atoms with Gasteiger partial charge in [-0.05, 0) is 13.0 Å². The van der Waals surface area contributed by atoms with Crippen molar-refractivity contribution < 1.29 is 13.9 Å². The first-order chi connectivity index (χ1) is 7.77. The molecule has 1 atom stereocenters. The zero-order valence-corrected chi connectivity index (χ0v) is 9.29. The van der Waals surface area contributed by atoms with Crippen molar-refractivity contribution in [3.05, 3.63) is 23.7 Å². The second kappa shape index (κ2) is 5.14. The van der Waals surface area contributed by atoms with Crippen LogP contribution in [0, 0.1) is 6.92 Å². The third kappa shape index (κ3) is 2.62. The van der Waals surface area contributed by atoms with Crippen LogP contribution in [0.2, 0.25) is 0 Å². The Balaban J connectivity index is 1.81. The third-order valence-electron chi connectivity index (χ3n) is 2.60. The van der Waals surface area contributed by atoms with Crippen LogP contribution < -0.4 is 10.6 Å². The summed E-state index contributed by atoms with van der Waals surface area (Å²) in [6, 6.07) is 1.67. The Kier molecular flexibility index (Phi) is 3.58. The molecule has 0 radical (unpaired) electrons. The van der Waals surface area contributed by atoms with E-state index in [2.05, 4.69) is 10.6 Å². The molecule has 1 aliphatic rings. The molecule has 88 valence electrons. The van der Waals surface area contributed by atoms with Crippen LogP contribution in [0.15, 0.2) is 16.7 Å². The molecule has 0 bridgehead atoms. The normalized spacial score (nSPS) is 20.7. The fourth-order valence-corrected chi connectivity index (χ4v) is 1.67. The van der Waals surface area contributed by atoms with Crippen LogP contribution in [0.4, 0.5) is 0 Å². The van der Waals surface area contributed by atoms with Gasteiger partial charge in [0.1, 0.15) is 5.76 Å². The molecule has 1 fully saturated rings. The predicted molar refractivity (Wildman–Crippen MR) is 58.4 cm³/mol. The molecule has 1 aliphatic heterocycles. The quantitative estimate of drug-likeness (QED) is 0.775. The van der Waals surface area contributed by atoms with E-state index in [0.29, 0.717) is 24.5 Å². The molecule has 16 heavy (non-hydrogen) atoms. The zero-order chi connectivity index (χ0) is 11.4. The lowest BCUT2D eigenvalue weighted by Gasteiger charge is -2.23. The van der Waals surface area contributed by atoms with E-state index in [1.165, 1.54) is 6.26 Å². The number of hydrogen-bond acceptors (Lipinski definition) is 4. The van der Waals surface area contributed by atoms with E-state index in [1.54, 1.807) is 13.0 Å². The summed E-state index contributed by atoms with van der Waals surface area (Å²) >= 11 is 0. The summed E-state index contributed by atoms with van der Waals surface area (Å²) in [5.41, 5.74) is 0.587. The highest BCUT2D eigenvalue weighted by atomic mass is 16.5. The lowest BCUT2D eigenvalue weighted by molar-refractivity contribution is 0.0287. The Morgan fingerprint density at radius 3 is 3.19 bits per heavy atom. The second-order valence-electron chi connectivity index (χ2n) is 3.80. The van der Waals surface area contributed by atoms with E-state index < -0.39 is 0 Å². The van der Waals surface area contributed by atoms with Gasteiger partial charge in [-0.1, -0.05) is 0 Å². The van der Waals surface area contributed by atoms with Gasteiger partial charge in [-0.2, -0.15) is 0 Å². The van der Waals surface area contributed by atoms with E-state index in [4.69, 9.17) is 9.15 Å². The minimum absolute atomic E-state index is 0.0601. The van der Waals surface area contributed by atoms with Crippen LogP contribution in [0.25, 0.3) is 0 Å². The Morgan fingerprint density at radius 1 is 1.69 bits per heavy atom. The van der Waals surface area contributed by atoms with Gasteiger partial charge in [0.15, 0.2) is 0 Å². The zero-order valence-electron chi connectivity index (χ0n) is 9.29. The summed E-state index contributed by atoms with van der Waals surface area (Å²) in [4.78, 5) is 11.7. The number of furan rings is 1. The van der Waals surface area contributed by atoms with Crippen molar-refractivity contribution in [1.82, 2.24) is 10.6 Å². The van der Waals surface area contributed by atoms with Crippen LogP contribution in [-0.2, 0) is 4.74 Å². The van der Waals surface area contributed by atoms with Gasteiger partial charge in [-0.15, -0.1) is 0 Å². The molecular weight excluding hydrogens is 208 g/mol. The fourth-order valence-electron chi connectivity index (χ4n) is 1.67. The fraction of sp³-hybridized carbons (Fsp3) is 0.545. The first-order valence-electron chi connectivity index (χ1n) is 5.42. The van der Waals surface area contributed by atoms with Crippen molar-refractivity contribution >= 4 is 5.91 Å². The molecule has 1 aromatic heterocycles. The SMILES string of the molecule is Cc1occc1C(=O)NCC1CNCCO1. The highest BCUT2D eigenvalue weighted by molar-refractivity contribution is 5.95. The van der Waals surface area contributed by atoms with E-state index in [9.17, 15) is 4.79 Å². The standard InChI is InChI=1S/C11H16N2O3/c1-8-10(2-4-15-8)11(14)13-7-9-6-12-3-5-16-9/h2,4,9,12H,3,5-7H2,1H3,(H,13,14). The third-order valence-corrected chi connectivity index (χ3v) is 2.60. The summed E-state index contributed by atoms with van der Waals surface area (Å²) < 4.78 is 10.5. The van der Waals surface area contributed by atoms with Gasteiger partial charge < -0.3 is 19.8 Å². The predicted octanol–water partition coefficient (Wildman–Crippen LogP) is 0.306. The van der Waals surface area contributed by atoms with Gasteiger partial charge in [0.05, 0.1) is 24.5 Å². The summed E-state index contributed by atoms with van der Waals surface area (Å²) in [6.45, 7) is 4.66. The largest absolute Gasteiger partial charge is 0.469 e. The molecule has 1 amide bonds. The highest BCUT2D eigenvalue weighted by Crippen LogP contribution is 2.08. The molecule has 0 spiro atoms. The molecule has 5 nitrogen and oxygen atoms in total. The first kappa shape index (κ1) is 11.2. The summed E-state index contributed by atoms with van der Waals surface area (Å²) in [6.07, 6.45) is 1.58. The van der Waals surface area contributed by atoms with Gasteiger partial charge in [0.25, 0.3) is 5.91 Å². The smallest absolute Gasteiger partial charge is 0.254 e. The Labute approximate surface area is 94.1 Å². The van der Waals surface area contributed by atoms with Crippen LogP contribution in [0.1, 0.15) is 16.1 Å². The molecule has 1 aromatic rings. The molecule has 2 N–H and O–H groups in total. The number of aryl methyl sites for hydroxylation is 1. The molecule has 2 rings (SSSR count). The summed E-state index contributed by atoms with van der Waals surface area (Å²) in [5, 5.41) is 6.04. The number of carbonyl (C=O) groups is 1. The number of rotatable bonds is 3. The lowest BCUT2D eigenvalue weighted by atomic mass is 10.2. The summed E-state index contributed by atoms with van der Waals surface area (Å²) in [5.74, 6) is 0.528. The van der Waals surface area contributed by atoms with Gasteiger partial charge in [0, 0.05) is 19.6 Å². The molecule has 0 aromatic carbocycles. The van der Waals surface area contributed by atoms with Crippen LogP contribution in [-0.4, -0.2) is 38.3 Å². The number of hydrogen-bond donors (Lipinski definition) is 2.